The third kappa shape index (κ3) is 2.86. The lowest BCUT2D eigenvalue weighted by molar-refractivity contribution is 0.619. The van der Waals surface area contributed by atoms with Gasteiger partial charge in [0.05, 0.1) is 0 Å². The molecule has 1 aromatic carbocycles. The summed E-state index contributed by atoms with van der Waals surface area (Å²) in [5.41, 5.74) is 1.33. The summed E-state index contributed by atoms with van der Waals surface area (Å²) in [6.45, 7) is 5.73. The van der Waals surface area contributed by atoms with Crippen molar-refractivity contribution in [1.29, 1.82) is 0 Å². The first-order valence-corrected chi connectivity index (χ1v) is 5.31. The standard InChI is InChI=1S/C11H9FN2.C2H6/c1-8-3-4-9(7-10(8)12)11-13-5-2-6-14-11;1-2/h2-7H,1H3;1-2H3. The summed E-state index contributed by atoms with van der Waals surface area (Å²) in [5.74, 6) is 0.321. The SMILES string of the molecule is CC.Cc1ccc(-c2ncccn2)cc1F. The summed E-state index contributed by atoms with van der Waals surface area (Å²) in [7, 11) is 0. The zero-order valence-electron chi connectivity index (χ0n) is 9.74. The highest BCUT2D eigenvalue weighted by Gasteiger charge is 2.02. The van der Waals surface area contributed by atoms with Gasteiger partial charge < -0.3 is 0 Å². The summed E-state index contributed by atoms with van der Waals surface area (Å²) in [6.07, 6.45) is 3.28. The van der Waals surface area contributed by atoms with E-state index >= 15 is 0 Å². The van der Waals surface area contributed by atoms with E-state index in [1.807, 2.05) is 19.9 Å². The monoisotopic (exact) mass is 218 g/mol. The number of aromatic nitrogens is 2. The zero-order valence-corrected chi connectivity index (χ0v) is 9.74. The lowest BCUT2D eigenvalue weighted by Crippen LogP contribution is -1.89. The first-order valence-electron chi connectivity index (χ1n) is 5.31. The molecule has 2 nitrogen and oxygen atoms in total. The molecule has 0 atom stereocenters. The maximum absolute atomic E-state index is 13.2. The van der Waals surface area contributed by atoms with Gasteiger partial charge in [-0.1, -0.05) is 26.0 Å². The van der Waals surface area contributed by atoms with Crippen LogP contribution in [0.25, 0.3) is 11.4 Å². The summed E-state index contributed by atoms with van der Waals surface area (Å²) in [6, 6.07) is 6.72. The van der Waals surface area contributed by atoms with Gasteiger partial charge in [-0.3, -0.25) is 0 Å². The Kier molecular flexibility index (Phi) is 4.58. The second kappa shape index (κ2) is 5.95. The van der Waals surface area contributed by atoms with Crippen molar-refractivity contribution < 1.29 is 4.39 Å². The Morgan fingerprint density at radius 1 is 1.06 bits per heavy atom. The van der Waals surface area contributed by atoms with Crippen molar-refractivity contribution in [3.63, 3.8) is 0 Å². The Balaban J connectivity index is 0.000000606. The molecule has 0 bridgehead atoms. The number of hydrogen-bond acceptors (Lipinski definition) is 2. The molecule has 0 spiro atoms. The second-order valence-electron chi connectivity index (χ2n) is 3.04. The van der Waals surface area contributed by atoms with Crippen LogP contribution in [0.1, 0.15) is 19.4 Å². The van der Waals surface area contributed by atoms with Crippen LogP contribution in [0.4, 0.5) is 4.39 Å². The first kappa shape index (κ1) is 12.3. The van der Waals surface area contributed by atoms with Crippen LogP contribution >= 0.6 is 0 Å². The molecule has 0 N–H and O–H groups in total. The molecule has 0 aliphatic heterocycles. The van der Waals surface area contributed by atoms with E-state index < -0.39 is 0 Å². The minimum Gasteiger partial charge on any atom is -0.237 e. The normalized spacial score (nSPS) is 9.25. The highest BCUT2D eigenvalue weighted by Crippen LogP contribution is 2.17. The molecule has 1 aromatic heterocycles. The molecular formula is C13H15FN2. The number of hydrogen-bond donors (Lipinski definition) is 0. The number of halogens is 1. The van der Waals surface area contributed by atoms with Gasteiger partial charge in [0.15, 0.2) is 5.82 Å². The van der Waals surface area contributed by atoms with Crippen molar-refractivity contribution in [3.8, 4) is 11.4 Å². The molecule has 0 radical (unpaired) electrons. The molecule has 0 fully saturated rings. The van der Waals surface area contributed by atoms with Crippen molar-refractivity contribution in [2.24, 2.45) is 0 Å². The lowest BCUT2D eigenvalue weighted by Gasteiger charge is -2.00. The quantitative estimate of drug-likeness (QED) is 0.730. The van der Waals surface area contributed by atoms with Gasteiger partial charge in [-0.25, -0.2) is 14.4 Å². The van der Waals surface area contributed by atoms with Gasteiger partial charge in [-0.15, -0.1) is 0 Å². The number of benzene rings is 1. The Labute approximate surface area is 95.2 Å². The van der Waals surface area contributed by atoms with Crippen LogP contribution in [0.3, 0.4) is 0 Å². The van der Waals surface area contributed by atoms with Gasteiger partial charge in [-0.2, -0.15) is 0 Å². The van der Waals surface area contributed by atoms with E-state index in [1.165, 1.54) is 6.07 Å². The number of rotatable bonds is 1. The molecule has 0 unspecified atom stereocenters. The van der Waals surface area contributed by atoms with Crippen LogP contribution < -0.4 is 0 Å². The third-order valence-corrected chi connectivity index (χ3v) is 2.00. The fourth-order valence-electron chi connectivity index (χ4n) is 1.18. The number of nitrogens with zero attached hydrogens (tertiary/aromatic N) is 2. The Hall–Kier alpha value is -1.77. The van der Waals surface area contributed by atoms with E-state index in [9.17, 15) is 4.39 Å². The maximum Gasteiger partial charge on any atom is 0.159 e. The van der Waals surface area contributed by atoms with Crippen LogP contribution in [0.2, 0.25) is 0 Å². The Bertz CT molecular complexity index is 441. The molecule has 1 heterocycles. The van der Waals surface area contributed by atoms with Gasteiger partial charge in [0.25, 0.3) is 0 Å². The van der Waals surface area contributed by atoms with Crippen LogP contribution in [0.5, 0.6) is 0 Å². The molecule has 0 saturated heterocycles. The summed E-state index contributed by atoms with van der Waals surface area (Å²) >= 11 is 0. The fraction of sp³-hybridized carbons (Fsp3) is 0.231. The molecule has 0 amide bonds. The van der Waals surface area contributed by atoms with Crippen LogP contribution in [0, 0.1) is 12.7 Å². The average molecular weight is 218 g/mol. The highest BCUT2D eigenvalue weighted by molar-refractivity contribution is 5.55. The zero-order chi connectivity index (χ0) is 12.0. The van der Waals surface area contributed by atoms with Gasteiger partial charge >= 0.3 is 0 Å². The van der Waals surface area contributed by atoms with Crippen molar-refractivity contribution in [2.75, 3.05) is 0 Å². The minimum absolute atomic E-state index is 0.227. The molecule has 0 saturated carbocycles. The molecule has 2 rings (SSSR count). The minimum atomic E-state index is -0.227. The Morgan fingerprint density at radius 3 is 2.25 bits per heavy atom. The molecule has 2 aromatic rings. The number of aryl methyl sites for hydroxylation is 1. The summed E-state index contributed by atoms with van der Waals surface area (Å²) in [4.78, 5) is 8.08. The smallest absolute Gasteiger partial charge is 0.159 e. The fourth-order valence-corrected chi connectivity index (χ4v) is 1.18. The van der Waals surface area contributed by atoms with E-state index in [0.717, 1.165) is 0 Å². The van der Waals surface area contributed by atoms with Gasteiger partial charge in [0, 0.05) is 18.0 Å². The molecule has 0 aliphatic rings. The third-order valence-electron chi connectivity index (χ3n) is 2.00. The van der Waals surface area contributed by atoms with Crippen molar-refractivity contribution in [2.45, 2.75) is 20.8 Å². The van der Waals surface area contributed by atoms with Crippen molar-refractivity contribution in [3.05, 3.63) is 48.0 Å². The van der Waals surface area contributed by atoms with Gasteiger partial charge in [0.1, 0.15) is 5.82 Å². The molecule has 16 heavy (non-hydrogen) atoms. The predicted molar refractivity (Wildman–Crippen MR) is 63.5 cm³/mol. The Morgan fingerprint density at radius 2 is 1.69 bits per heavy atom. The summed E-state index contributed by atoms with van der Waals surface area (Å²) < 4.78 is 13.2. The summed E-state index contributed by atoms with van der Waals surface area (Å²) in [5, 5.41) is 0. The molecule has 84 valence electrons. The second-order valence-corrected chi connectivity index (χ2v) is 3.04. The van der Waals surface area contributed by atoms with E-state index in [4.69, 9.17) is 0 Å². The average Bonchev–Trinajstić information content (AvgIpc) is 2.36. The topological polar surface area (TPSA) is 25.8 Å². The maximum atomic E-state index is 13.2. The molecular weight excluding hydrogens is 203 g/mol. The van der Waals surface area contributed by atoms with Crippen molar-refractivity contribution in [1.82, 2.24) is 9.97 Å². The van der Waals surface area contributed by atoms with E-state index in [0.29, 0.717) is 17.0 Å². The largest absolute Gasteiger partial charge is 0.237 e. The van der Waals surface area contributed by atoms with Gasteiger partial charge in [0.2, 0.25) is 0 Å². The lowest BCUT2D eigenvalue weighted by atomic mass is 10.1. The predicted octanol–water partition coefficient (Wildman–Crippen LogP) is 3.62. The highest BCUT2D eigenvalue weighted by atomic mass is 19.1. The van der Waals surface area contributed by atoms with Crippen LogP contribution in [-0.2, 0) is 0 Å². The van der Waals surface area contributed by atoms with Crippen LogP contribution in [0.15, 0.2) is 36.7 Å². The van der Waals surface area contributed by atoms with E-state index in [-0.39, 0.29) is 5.82 Å². The molecule has 3 heteroatoms. The van der Waals surface area contributed by atoms with Crippen LogP contribution in [-0.4, -0.2) is 9.97 Å². The van der Waals surface area contributed by atoms with E-state index in [1.54, 1.807) is 31.5 Å². The molecule has 0 aliphatic carbocycles. The van der Waals surface area contributed by atoms with Crippen molar-refractivity contribution >= 4 is 0 Å². The first-order chi connectivity index (χ1) is 7.77. The van der Waals surface area contributed by atoms with Gasteiger partial charge in [-0.05, 0) is 24.6 Å². The van der Waals surface area contributed by atoms with E-state index in [2.05, 4.69) is 9.97 Å².